The maximum atomic E-state index is 13.2. The Morgan fingerprint density at radius 3 is 2.25 bits per heavy atom. The molecule has 0 unspecified atom stereocenters. The molecule has 10 nitrogen and oxygen atoms in total. The number of amides is 1. The molecule has 1 aliphatic rings. The predicted molar refractivity (Wildman–Crippen MR) is 213 cm³/mol. The first-order chi connectivity index (χ1) is 25.6. The molecular weight excluding hydrogens is 730 g/mol. The van der Waals surface area contributed by atoms with E-state index in [1.165, 1.54) is 23.3 Å². The highest BCUT2D eigenvalue weighted by molar-refractivity contribution is 7.99. The number of halogens is 1. The van der Waals surface area contributed by atoms with Gasteiger partial charge in [-0.05, 0) is 83.8 Å². The lowest BCUT2D eigenvalue weighted by Crippen LogP contribution is -2.46. The first-order valence-electron chi connectivity index (χ1n) is 17.3. The summed E-state index contributed by atoms with van der Waals surface area (Å²) in [5.74, 6) is -0.168. The fourth-order valence-corrected chi connectivity index (χ4v) is 8.37. The van der Waals surface area contributed by atoms with E-state index in [1.807, 2.05) is 67.6 Å². The topological polar surface area (TPSA) is 125 Å². The van der Waals surface area contributed by atoms with E-state index in [1.54, 1.807) is 36.0 Å². The summed E-state index contributed by atoms with van der Waals surface area (Å²) in [7, 11) is -4.40. The van der Waals surface area contributed by atoms with E-state index in [2.05, 4.69) is 38.0 Å². The van der Waals surface area contributed by atoms with Crippen molar-refractivity contribution in [3.8, 4) is 11.1 Å². The number of hydrogen-bond donors (Lipinski definition) is 2. The SMILES string of the molecule is CC[C@H](CSc1ccccc1)Nc1ccc(S(=O)(=O)NC(=O)c2ccc(N3CCN(Cc4ccccc4-c4ccc(Cl)cc4)CC3)cc2)cc1[N+](=O)[O-]. The lowest BCUT2D eigenvalue weighted by molar-refractivity contribution is -0.384. The molecule has 0 radical (unpaired) electrons. The van der Waals surface area contributed by atoms with Crippen molar-refractivity contribution in [1.29, 1.82) is 0 Å². The number of hydrogen-bond acceptors (Lipinski definition) is 9. The zero-order valence-corrected chi connectivity index (χ0v) is 31.5. The van der Waals surface area contributed by atoms with Crippen LogP contribution in [0.15, 0.2) is 131 Å². The Bertz CT molecular complexity index is 2150. The van der Waals surface area contributed by atoms with Gasteiger partial charge in [-0.2, -0.15) is 0 Å². The molecule has 1 fully saturated rings. The quantitative estimate of drug-likeness (QED) is 0.0652. The molecule has 0 aliphatic carbocycles. The molecule has 274 valence electrons. The van der Waals surface area contributed by atoms with Crippen LogP contribution in [0.5, 0.6) is 0 Å². The van der Waals surface area contributed by atoms with Crippen molar-refractivity contribution in [2.45, 2.75) is 35.7 Å². The maximum Gasteiger partial charge on any atom is 0.293 e. The largest absolute Gasteiger partial charge is 0.376 e. The molecule has 6 rings (SSSR count). The van der Waals surface area contributed by atoms with E-state index < -0.39 is 26.5 Å². The highest BCUT2D eigenvalue weighted by Crippen LogP contribution is 2.31. The van der Waals surface area contributed by atoms with Gasteiger partial charge in [0, 0.05) is 71.8 Å². The number of sulfonamides is 1. The van der Waals surface area contributed by atoms with E-state index in [-0.39, 0.29) is 22.2 Å². The molecule has 53 heavy (non-hydrogen) atoms. The van der Waals surface area contributed by atoms with Crippen molar-refractivity contribution in [1.82, 2.24) is 9.62 Å². The molecule has 1 aliphatic heterocycles. The van der Waals surface area contributed by atoms with Gasteiger partial charge in [-0.25, -0.2) is 13.1 Å². The molecular formula is C40H40ClN5O5S2. The number of piperazine rings is 1. The maximum absolute atomic E-state index is 13.2. The summed E-state index contributed by atoms with van der Waals surface area (Å²) in [6.45, 7) is 6.07. The summed E-state index contributed by atoms with van der Waals surface area (Å²) in [5.41, 5.74) is 4.46. The number of thioether (sulfide) groups is 1. The van der Waals surface area contributed by atoms with E-state index in [4.69, 9.17) is 11.6 Å². The number of carbonyl (C=O) groups is 1. The minimum absolute atomic E-state index is 0.101. The van der Waals surface area contributed by atoms with Gasteiger partial charge in [-0.1, -0.05) is 73.1 Å². The average molecular weight is 770 g/mol. The summed E-state index contributed by atoms with van der Waals surface area (Å²) >= 11 is 7.73. The van der Waals surface area contributed by atoms with Crippen LogP contribution in [0, 0.1) is 10.1 Å². The summed E-state index contributed by atoms with van der Waals surface area (Å²) in [4.78, 5) is 29.8. The minimum Gasteiger partial charge on any atom is -0.376 e. The number of nitro benzene ring substituents is 1. The monoisotopic (exact) mass is 769 g/mol. The molecule has 0 aromatic heterocycles. The van der Waals surface area contributed by atoms with Gasteiger partial charge in [-0.3, -0.25) is 19.8 Å². The normalized spacial score (nSPS) is 14.0. The van der Waals surface area contributed by atoms with Crippen LogP contribution in [0.4, 0.5) is 17.1 Å². The van der Waals surface area contributed by atoms with Crippen LogP contribution in [0.1, 0.15) is 29.3 Å². The van der Waals surface area contributed by atoms with Gasteiger partial charge in [-0.15, -0.1) is 11.8 Å². The lowest BCUT2D eigenvalue weighted by atomic mass is 9.99. The Labute approximate surface area is 319 Å². The van der Waals surface area contributed by atoms with E-state index in [0.717, 1.165) is 54.9 Å². The summed E-state index contributed by atoms with van der Waals surface area (Å²) in [5, 5.41) is 15.9. The van der Waals surface area contributed by atoms with Gasteiger partial charge in [0.05, 0.1) is 9.82 Å². The van der Waals surface area contributed by atoms with E-state index >= 15 is 0 Å². The summed E-state index contributed by atoms with van der Waals surface area (Å²) in [6.07, 6.45) is 0.697. The first-order valence-corrected chi connectivity index (χ1v) is 20.2. The lowest BCUT2D eigenvalue weighted by Gasteiger charge is -2.36. The van der Waals surface area contributed by atoms with Crippen LogP contribution >= 0.6 is 23.4 Å². The van der Waals surface area contributed by atoms with Crippen molar-refractivity contribution >= 4 is 56.4 Å². The number of benzene rings is 5. The first kappa shape index (κ1) is 37.9. The third-order valence-corrected chi connectivity index (χ3v) is 11.9. The molecule has 1 saturated heterocycles. The van der Waals surface area contributed by atoms with Crippen LogP contribution in [0.25, 0.3) is 11.1 Å². The van der Waals surface area contributed by atoms with Crippen LogP contribution in [0.3, 0.4) is 0 Å². The second kappa shape index (κ2) is 17.3. The van der Waals surface area contributed by atoms with Crippen molar-refractivity contribution in [2.24, 2.45) is 0 Å². The van der Waals surface area contributed by atoms with Gasteiger partial charge >= 0.3 is 0 Å². The third kappa shape index (κ3) is 9.76. The number of carbonyl (C=O) groups excluding carboxylic acids is 1. The van der Waals surface area contributed by atoms with Crippen LogP contribution < -0.4 is 14.9 Å². The second-order valence-electron chi connectivity index (χ2n) is 12.7. The average Bonchev–Trinajstić information content (AvgIpc) is 3.17. The number of nitrogens with zero attached hydrogens (tertiary/aromatic N) is 3. The molecule has 1 atom stereocenters. The zero-order chi connectivity index (χ0) is 37.4. The Kier molecular flexibility index (Phi) is 12.4. The van der Waals surface area contributed by atoms with Crippen LogP contribution in [0.2, 0.25) is 5.02 Å². The molecule has 5 aromatic rings. The smallest absolute Gasteiger partial charge is 0.293 e. The number of nitro groups is 1. The van der Waals surface area contributed by atoms with Crippen LogP contribution in [-0.4, -0.2) is 62.1 Å². The number of nitrogens with one attached hydrogen (secondary N) is 2. The fraction of sp³-hybridized carbons (Fsp3) is 0.225. The molecule has 1 heterocycles. The Balaban J connectivity index is 1.04. The summed E-state index contributed by atoms with van der Waals surface area (Å²) < 4.78 is 28.5. The van der Waals surface area contributed by atoms with Crippen molar-refractivity contribution in [2.75, 3.05) is 42.1 Å². The molecule has 2 N–H and O–H groups in total. The molecule has 5 aromatic carbocycles. The number of rotatable bonds is 14. The minimum atomic E-state index is -4.40. The predicted octanol–water partition coefficient (Wildman–Crippen LogP) is 8.34. The van der Waals surface area contributed by atoms with Crippen molar-refractivity contribution in [3.63, 3.8) is 0 Å². The molecule has 0 bridgehead atoms. The Morgan fingerprint density at radius 1 is 0.887 bits per heavy atom. The van der Waals surface area contributed by atoms with Gasteiger partial charge in [0.1, 0.15) is 5.69 Å². The van der Waals surface area contributed by atoms with Crippen LogP contribution in [-0.2, 0) is 16.6 Å². The second-order valence-corrected chi connectivity index (χ2v) is 15.9. The summed E-state index contributed by atoms with van der Waals surface area (Å²) in [6, 6.07) is 36.4. The fourth-order valence-electron chi connectivity index (χ4n) is 6.18. The van der Waals surface area contributed by atoms with Crippen molar-refractivity contribution < 1.29 is 18.1 Å². The standard InChI is InChI=1S/C40H40ClN5O5S2/c1-2-33(28-52-35-9-4-3-5-10-35)42-38-21-20-36(26-39(38)46(48)49)53(50,51)43-40(47)30-14-18-34(19-15-30)45-24-22-44(23-25-45)27-31-8-6-7-11-37(31)29-12-16-32(41)17-13-29/h3-21,26,33,42H,2,22-25,27-28H2,1H3,(H,43,47)/t33-/m1/s1. The molecule has 1 amide bonds. The third-order valence-electron chi connectivity index (χ3n) is 9.18. The Morgan fingerprint density at radius 2 is 1.57 bits per heavy atom. The van der Waals surface area contributed by atoms with Gasteiger partial charge in [0.25, 0.3) is 21.6 Å². The zero-order valence-electron chi connectivity index (χ0n) is 29.2. The molecule has 0 spiro atoms. The van der Waals surface area contributed by atoms with Gasteiger partial charge in [0.15, 0.2) is 0 Å². The highest BCUT2D eigenvalue weighted by Gasteiger charge is 2.25. The molecule has 13 heteroatoms. The van der Waals surface area contributed by atoms with E-state index in [9.17, 15) is 23.3 Å². The molecule has 0 saturated carbocycles. The highest BCUT2D eigenvalue weighted by atomic mass is 35.5. The van der Waals surface area contributed by atoms with Crippen molar-refractivity contribution in [3.05, 3.63) is 148 Å². The Hall–Kier alpha value is -4.88. The van der Waals surface area contributed by atoms with Gasteiger partial charge < -0.3 is 10.2 Å². The van der Waals surface area contributed by atoms with E-state index in [0.29, 0.717) is 17.2 Å². The van der Waals surface area contributed by atoms with Gasteiger partial charge in [0.2, 0.25) is 0 Å². The number of anilines is 2.